The molecule has 0 spiro atoms. The third-order valence-electron chi connectivity index (χ3n) is 2.65. The molecule has 2 rings (SSSR count). The van der Waals surface area contributed by atoms with Gasteiger partial charge in [-0.2, -0.15) is 0 Å². The fourth-order valence-electron chi connectivity index (χ4n) is 1.74. The SMILES string of the molecule is C=Cc1cnc2c(OC)cc(C(=O)OC)cc2c1. The van der Waals surface area contributed by atoms with E-state index in [-0.39, 0.29) is 0 Å². The Morgan fingerprint density at radius 3 is 2.72 bits per heavy atom. The van der Waals surface area contributed by atoms with Gasteiger partial charge in [0.15, 0.2) is 0 Å². The molecule has 0 radical (unpaired) electrons. The van der Waals surface area contributed by atoms with Crippen LogP contribution in [-0.2, 0) is 4.74 Å². The van der Waals surface area contributed by atoms with Crippen LogP contribution < -0.4 is 4.74 Å². The first-order valence-corrected chi connectivity index (χ1v) is 5.38. The van der Waals surface area contributed by atoms with Crippen LogP contribution in [0.1, 0.15) is 15.9 Å². The third kappa shape index (κ3) is 2.05. The fraction of sp³-hybridized carbons (Fsp3) is 0.143. The number of methoxy groups -OCH3 is 2. The molecule has 1 aromatic heterocycles. The van der Waals surface area contributed by atoms with Crippen molar-refractivity contribution in [3.63, 3.8) is 0 Å². The Balaban J connectivity index is 2.71. The molecule has 0 N–H and O–H groups in total. The number of rotatable bonds is 3. The van der Waals surface area contributed by atoms with Gasteiger partial charge < -0.3 is 9.47 Å². The minimum Gasteiger partial charge on any atom is -0.494 e. The summed E-state index contributed by atoms with van der Waals surface area (Å²) >= 11 is 0. The number of hydrogen-bond donors (Lipinski definition) is 0. The second kappa shape index (κ2) is 4.87. The van der Waals surface area contributed by atoms with E-state index in [4.69, 9.17) is 9.47 Å². The molecule has 0 aliphatic carbocycles. The fourth-order valence-corrected chi connectivity index (χ4v) is 1.74. The number of benzene rings is 1. The highest BCUT2D eigenvalue weighted by Crippen LogP contribution is 2.26. The van der Waals surface area contributed by atoms with Gasteiger partial charge in [0.25, 0.3) is 0 Å². The van der Waals surface area contributed by atoms with Gasteiger partial charge >= 0.3 is 5.97 Å². The molecule has 0 fully saturated rings. The quantitative estimate of drug-likeness (QED) is 0.777. The number of esters is 1. The number of aromatic nitrogens is 1. The molecule has 0 amide bonds. The Morgan fingerprint density at radius 1 is 1.33 bits per heavy atom. The van der Waals surface area contributed by atoms with Crippen molar-refractivity contribution in [1.82, 2.24) is 4.98 Å². The van der Waals surface area contributed by atoms with Crippen molar-refractivity contribution in [2.45, 2.75) is 0 Å². The highest BCUT2D eigenvalue weighted by Gasteiger charge is 2.11. The van der Waals surface area contributed by atoms with Crippen LogP contribution in [0.25, 0.3) is 17.0 Å². The van der Waals surface area contributed by atoms with Gasteiger partial charge in [0.05, 0.1) is 19.8 Å². The van der Waals surface area contributed by atoms with Gasteiger partial charge in [-0.1, -0.05) is 12.7 Å². The Kier molecular flexibility index (Phi) is 3.28. The van der Waals surface area contributed by atoms with Crippen LogP contribution in [0.4, 0.5) is 0 Å². The topological polar surface area (TPSA) is 48.4 Å². The largest absolute Gasteiger partial charge is 0.494 e. The van der Waals surface area contributed by atoms with E-state index in [1.54, 1.807) is 31.5 Å². The van der Waals surface area contributed by atoms with Crippen LogP contribution >= 0.6 is 0 Å². The predicted octanol–water partition coefficient (Wildman–Crippen LogP) is 2.67. The van der Waals surface area contributed by atoms with Crippen molar-refractivity contribution >= 4 is 22.9 Å². The first-order valence-electron chi connectivity index (χ1n) is 5.38. The average Bonchev–Trinajstić information content (AvgIpc) is 2.44. The summed E-state index contributed by atoms with van der Waals surface area (Å²) in [6.45, 7) is 3.69. The van der Waals surface area contributed by atoms with Crippen LogP contribution in [0, 0.1) is 0 Å². The maximum atomic E-state index is 11.6. The second-order valence-electron chi connectivity index (χ2n) is 3.71. The van der Waals surface area contributed by atoms with Crippen molar-refractivity contribution in [1.29, 1.82) is 0 Å². The molecule has 0 saturated heterocycles. The Labute approximate surface area is 105 Å². The molecular formula is C14H13NO3. The van der Waals surface area contributed by atoms with Gasteiger partial charge in [-0.25, -0.2) is 4.79 Å². The number of nitrogens with zero attached hydrogens (tertiary/aromatic N) is 1. The smallest absolute Gasteiger partial charge is 0.338 e. The molecule has 0 saturated carbocycles. The monoisotopic (exact) mass is 243 g/mol. The van der Waals surface area contributed by atoms with Gasteiger partial charge in [-0.3, -0.25) is 4.98 Å². The summed E-state index contributed by atoms with van der Waals surface area (Å²) in [5, 5.41) is 0.812. The number of ether oxygens (including phenoxy) is 2. The minimum absolute atomic E-state index is 0.404. The number of carbonyl (C=O) groups excluding carboxylic acids is 1. The van der Waals surface area contributed by atoms with Gasteiger partial charge in [-0.15, -0.1) is 0 Å². The van der Waals surface area contributed by atoms with E-state index in [2.05, 4.69) is 11.6 Å². The molecule has 0 unspecified atom stereocenters. The lowest BCUT2D eigenvalue weighted by molar-refractivity contribution is 0.0600. The molecule has 4 heteroatoms. The second-order valence-corrected chi connectivity index (χ2v) is 3.71. The molecule has 0 bridgehead atoms. The number of fused-ring (bicyclic) bond motifs is 1. The Bertz CT molecular complexity index is 620. The van der Waals surface area contributed by atoms with Gasteiger partial charge in [-0.05, 0) is 23.8 Å². The van der Waals surface area contributed by atoms with Crippen LogP contribution in [0.5, 0.6) is 5.75 Å². The summed E-state index contributed by atoms with van der Waals surface area (Å²) in [5.41, 5.74) is 2.02. The van der Waals surface area contributed by atoms with E-state index in [9.17, 15) is 4.79 Å². The lowest BCUT2D eigenvalue weighted by Crippen LogP contribution is -2.02. The zero-order chi connectivity index (χ0) is 13.1. The van der Waals surface area contributed by atoms with E-state index in [0.717, 1.165) is 10.9 Å². The maximum Gasteiger partial charge on any atom is 0.338 e. The molecule has 18 heavy (non-hydrogen) atoms. The Morgan fingerprint density at radius 2 is 2.11 bits per heavy atom. The van der Waals surface area contributed by atoms with Crippen LogP contribution in [0.2, 0.25) is 0 Å². The summed E-state index contributed by atoms with van der Waals surface area (Å²) in [7, 11) is 2.89. The molecule has 92 valence electrons. The summed E-state index contributed by atoms with van der Waals surface area (Å²) in [6, 6.07) is 5.24. The lowest BCUT2D eigenvalue weighted by Gasteiger charge is -2.08. The van der Waals surface area contributed by atoms with Crippen molar-refractivity contribution in [3.8, 4) is 5.75 Å². The number of carbonyl (C=O) groups is 1. The van der Waals surface area contributed by atoms with Crippen molar-refractivity contribution in [3.05, 3.63) is 42.1 Å². The van der Waals surface area contributed by atoms with Crippen molar-refractivity contribution < 1.29 is 14.3 Å². The molecule has 4 nitrogen and oxygen atoms in total. The van der Waals surface area contributed by atoms with Crippen LogP contribution in [0.3, 0.4) is 0 Å². The normalized spacial score (nSPS) is 10.1. The predicted molar refractivity (Wildman–Crippen MR) is 69.7 cm³/mol. The van der Waals surface area contributed by atoms with Crippen molar-refractivity contribution in [2.75, 3.05) is 14.2 Å². The summed E-state index contributed by atoms with van der Waals surface area (Å²) in [5.74, 6) is 0.141. The van der Waals surface area contributed by atoms with Gasteiger partial charge in [0.1, 0.15) is 11.3 Å². The van der Waals surface area contributed by atoms with Gasteiger partial charge in [0.2, 0.25) is 0 Å². The summed E-state index contributed by atoms with van der Waals surface area (Å²) in [6.07, 6.45) is 3.40. The molecule has 0 aliphatic heterocycles. The highest BCUT2D eigenvalue weighted by molar-refractivity contribution is 5.97. The summed E-state index contributed by atoms with van der Waals surface area (Å²) in [4.78, 5) is 15.9. The standard InChI is InChI=1S/C14H13NO3/c1-4-9-5-10-6-11(14(16)18-3)7-12(17-2)13(10)15-8-9/h4-8H,1H2,2-3H3. The molecule has 1 heterocycles. The van der Waals surface area contributed by atoms with E-state index >= 15 is 0 Å². The zero-order valence-corrected chi connectivity index (χ0v) is 10.3. The number of pyridine rings is 1. The van der Waals surface area contributed by atoms with E-state index in [1.165, 1.54) is 7.11 Å². The highest BCUT2D eigenvalue weighted by atomic mass is 16.5. The molecule has 2 aromatic rings. The van der Waals surface area contributed by atoms with Crippen molar-refractivity contribution in [2.24, 2.45) is 0 Å². The summed E-state index contributed by atoms with van der Waals surface area (Å²) < 4.78 is 9.95. The first-order chi connectivity index (χ1) is 8.69. The van der Waals surface area contributed by atoms with Crippen LogP contribution in [-0.4, -0.2) is 25.2 Å². The van der Waals surface area contributed by atoms with E-state index in [0.29, 0.717) is 16.8 Å². The van der Waals surface area contributed by atoms with Gasteiger partial charge in [0, 0.05) is 11.6 Å². The first kappa shape index (κ1) is 12.1. The molecular weight excluding hydrogens is 230 g/mol. The molecule has 0 atom stereocenters. The third-order valence-corrected chi connectivity index (χ3v) is 2.65. The van der Waals surface area contributed by atoms with Crippen LogP contribution in [0.15, 0.2) is 31.0 Å². The lowest BCUT2D eigenvalue weighted by atomic mass is 10.1. The Hall–Kier alpha value is -2.36. The average molecular weight is 243 g/mol. The molecule has 0 aliphatic rings. The molecule has 1 aromatic carbocycles. The van der Waals surface area contributed by atoms with E-state index in [1.807, 2.05) is 6.07 Å². The maximum absolute atomic E-state index is 11.6. The minimum atomic E-state index is -0.404. The zero-order valence-electron chi connectivity index (χ0n) is 10.3. The number of hydrogen-bond acceptors (Lipinski definition) is 4. The van der Waals surface area contributed by atoms with E-state index < -0.39 is 5.97 Å².